The average Bonchev–Trinajstić information content (AvgIpc) is 3.12. The van der Waals surface area contributed by atoms with Gasteiger partial charge in [0.05, 0.1) is 0 Å². The van der Waals surface area contributed by atoms with E-state index in [9.17, 15) is 4.79 Å². The quantitative estimate of drug-likeness (QED) is 0.500. The van der Waals surface area contributed by atoms with Crippen LogP contribution in [0.1, 0.15) is 30.4 Å². The van der Waals surface area contributed by atoms with E-state index in [-0.39, 0.29) is 12.5 Å². The first-order chi connectivity index (χ1) is 12.1. The number of guanidine groups is 1. The van der Waals surface area contributed by atoms with E-state index < -0.39 is 0 Å². The van der Waals surface area contributed by atoms with E-state index in [0.29, 0.717) is 12.1 Å². The van der Waals surface area contributed by atoms with Crippen LogP contribution >= 0.6 is 0 Å². The number of nitrogens with zero attached hydrogens (tertiary/aromatic N) is 2. The van der Waals surface area contributed by atoms with Gasteiger partial charge in [0.25, 0.3) is 0 Å². The van der Waals surface area contributed by atoms with E-state index in [1.807, 2.05) is 0 Å². The number of aliphatic imine (C=N–C) groups is 1. The summed E-state index contributed by atoms with van der Waals surface area (Å²) >= 11 is 0. The number of carbonyl (C=O) groups excluding carboxylic acids is 1. The van der Waals surface area contributed by atoms with Gasteiger partial charge >= 0.3 is 0 Å². The summed E-state index contributed by atoms with van der Waals surface area (Å²) in [4.78, 5) is 18.0. The van der Waals surface area contributed by atoms with Gasteiger partial charge in [0.15, 0.2) is 5.96 Å². The highest BCUT2D eigenvalue weighted by molar-refractivity contribution is 5.85. The van der Waals surface area contributed by atoms with Crippen molar-refractivity contribution in [2.24, 2.45) is 4.99 Å². The predicted octanol–water partition coefficient (Wildman–Crippen LogP) is 1.89. The van der Waals surface area contributed by atoms with Crippen LogP contribution in [0.4, 0.5) is 0 Å². The molecule has 0 aliphatic heterocycles. The van der Waals surface area contributed by atoms with Crippen LogP contribution in [0.5, 0.6) is 0 Å². The van der Waals surface area contributed by atoms with E-state index in [0.717, 1.165) is 38.1 Å². The fourth-order valence-electron chi connectivity index (χ4n) is 3.36. The minimum atomic E-state index is 0.0136. The van der Waals surface area contributed by atoms with Crippen LogP contribution in [0, 0.1) is 0 Å². The predicted molar refractivity (Wildman–Crippen MR) is 102 cm³/mol. The molecule has 0 spiro atoms. The second-order valence-corrected chi connectivity index (χ2v) is 7.09. The van der Waals surface area contributed by atoms with Gasteiger partial charge in [-0.2, -0.15) is 0 Å². The molecular weight excluding hydrogens is 312 g/mol. The van der Waals surface area contributed by atoms with Crippen molar-refractivity contribution in [1.82, 2.24) is 15.5 Å². The van der Waals surface area contributed by atoms with Crippen molar-refractivity contribution in [2.45, 2.75) is 44.2 Å². The van der Waals surface area contributed by atoms with Crippen molar-refractivity contribution in [3.05, 3.63) is 47.5 Å². The third-order valence-electron chi connectivity index (χ3n) is 4.91. The Labute approximate surface area is 150 Å². The van der Waals surface area contributed by atoms with Gasteiger partial charge in [-0.25, -0.2) is 4.99 Å². The summed E-state index contributed by atoms with van der Waals surface area (Å²) in [6.45, 7) is 0.172. The number of hydrogen-bond acceptors (Lipinski definition) is 2. The number of aryl methyl sites for hydroxylation is 1. The molecule has 1 atom stereocenters. The fourth-order valence-corrected chi connectivity index (χ4v) is 3.36. The van der Waals surface area contributed by atoms with Gasteiger partial charge in [-0.3, -0.25) is 4.79 Å². The van der Waals surface area contributed by atoms with Crippen molar-refractivity contribution in [2.75, 3.05) is 20.6 Å². The molecule has 1 aromatic carbocycles. The van der Waals surface area contributed by atoms with Crippen LogP contribution in [0.2, 0.25) is 0 Å². The van der Waals surface area contributed by atoms with Gasteiger partial charge < -0.3 is 15.5 Å². The number of amides is 1. The van der Waals surface area contributed by atoms with Gasteiger partial charge in [-0.1, -0.05) is 36.4 Å². The summed E-state index contributed by atoms with van der Waals surface area (Å²) in [5.74, 6) is 0.771. The highest BCUT2D eigenvalue weighted by Crippen LogP contribution is 2.21. The summed E-state index contributed by atoms with van der Waals surface area (Å²) in [6.07, 6.45) is 9.58. The summed E-state index contributed by atoms with van der Waals surface area (Å²) in [6, 6.07) is 9.37. The Morgan fingerprint density at radius 3 is 2.52 bits per heavy atom. The van der Waals surface area contributed by atoms with Crippen molar-refractivity contribution in [3.8, 4) is 0 Å². The Bertz CT molecular complexity index is 657. The van der Waals surface area contributed by atoms with Gasteiger partial charge in [0.1, 0.15) is 6.54 Å². The minimum Gasteiger partial charge on any atom is -0.353 e. The third kappa shape index (κ3) is 4.84. The molecule has 0 saturated heterocycles. The number of fused-ring (bicyclic) bond motifs is 1. The normalized spacial score (nSPS) is 20.2. The van der Waals surface area contributed by atoms with Crippen LogP contribution < -0.4 is 10.6 Å². The van der Waals surface area contributed by atoms with Crippen molar-refractivity contribution in [1.29, 1.82) is 0 Å². The van der Waals surface area contributed by atoms with E-state index in [1.54, 1.807) is 19.0 Å². The summed E-state index contributed by atoms with van der Waals surface area (Å²) in [5, 5.41) is 7.05. The van der Waals surface area contributed by atoms with Gasteiger partial charge in [-0.15, -0.1) is 0 Å². The number of hydrogen-bond donors (Lipinski definition) is 2. The SMILES string of the molecule is CN(C)C(=O)CN=C(NC1CC=CC1)NC1CCc2ccccc2C1. The molecule has 2 N–H and O–H groups in total. The van der Waals surface area contributed by atoms with Crippen LogP contribution in [0.15, 0.2) is 41.4 Å². The first-order valence-electron chi connectivity index (χ1n) is 9.11. The molecule has 0 heterocycles. The molecule has 1 unspecified atom stereocenters. The van der Waals surface area contributed by atoms with Crippen molar-refractivity contribution < 1.29 is 4.79 Å². The molecule has 2 aliphatic rings. The first kappa shape index (κ1) is 17.5. The van der Waals surface area contributed by atoms with Crippen molar-refractivity contribution in [3.63, 3.8) is 0 Å². The zero-order valence-corrected chi connectivity index (χ0v) is 15.2. The smallest absolute Gasteiger partial charge is 0.243 e. The fraction of sp³-hybridized carbons (Fsp3) is 0.500. The molecule has 1 amide bonds. The number of carbonyl (C=O) groups is 1. The molecule has 0 fully saturated rings. The first-order valence-corrected chi connectivity index (χ1v) is 9.11. The lowest BCUT2D eigenvalue weighted by Crippen LogP contribution is -2.49. The Morgan fingerprint density at radius 2 is 1.80 bits per heavy atom. The summed E-state index contributed by atoms with van der Waals surface area (Å²) < 4.78 is 0. The Balaban J connectivity index is 1.64. The summed E-state index contributed by atoms with van der Waals surface area (Å²) in [7, 11) is 3.52. The lowest BCUT2D eigenvalue weighted by Gasteiger charge is -2.28. The lowest BCUT2D eigenvalue weighted by molar-refractivity contribution is -0.127. The summed E-state index contributed by atoms with van der Waals surface area (Å²) in [5.41, 5.74) is 2.87. The van der Waals surface area contributed by atoms with Gasteiger partial charge in [0, 0.05) is 26.2 Å². The Morgan fingerprint density at radius 1 is 1.12 bits per heavy atom. The van der Waals surface area contributed by atoms with Crippen LogP contribution in [0.25, 0.3) is 0 Å². The molecule has 5 heteroatoms. The number of rotatable bonds is 4. The number of benzene rings is 1. The Hall–Kier alpha value is -2.30. The maximum Gasteiger partial charge on any atom is 0.243 e. The molecule has 25 heavy (non-hydrogen) atoms. The third-order valence-corrected chi connectivity index (χ3v) is 4.91. The molecule has 0 bridgehead atoms. The minimum absolute atomic E-state index is 0.0136. The van der Waals surface area contributed by atoms with Gasteiger partial charge in [0.2, 0.25) is 5.91 Å². The van der Waals surface area contributed by atoms with E-state index >= 15 is 0 Å². The van der Waals surface area contributed by atoms with Crippen LogP contribution in [0.3, 0.4) is 0 Å². The number of nitrogens with one attached hydrogen (secondary N) is 2. The monoisotopic (exact) mass is 340 g/mol. The maximum absolute atomic E-state index is 11.9. The standard InChI is InChI=1S/C20H28N4O/c1-24(2)19(25)14-21-20(22-17-9-5-6-10-17)23-18-12-11-15-7-3-4-8-16(15)13-18/h3-8,17-18H,9-14H2,1-2H3,(H2,21,22,23). The molecule has 0 aromatic heterocycles. The molecule has 3 rings (SSSR count). The van der Waals surface area contributed by atoms with Crippen molar-refractivity contribution >= 4 is 11.9 Å². The molecule has 0 radical (unpaired) electrons. The highest BCUT2D eigenvalue weighted by Gasteiger charge is 2.21. The zero-order valence-electron chi connectivity index (χ0n) is 15.2. The second kappa shape index (κ2) is 8.19. The molecule has 2 aliphatic carbocycles. The van der Waals surface area contributed by atoms with Crippen LogP contribution in [-0.4, -0.2) is 49.5 Å². The van der Waals surface area contributed by atoms with E-state index in [2.05, 4.69) is 52.0 Å². The second-order valence-electron chi connectivity index (χ2n) is 7.09. The average molecular weight is 340 g/mol. The maximum atomic E-state index is 11.9. The molecule has 134 valence electrons. The van der Waals surface area contributed by atoms with E-state index in [4.69, 9.17) is 0 Å². The highest BCUT2D eigenvalue weighted by atomic mass is 16.2. The lowest BCUT2D eigenvalue weighted by atomic mass is 9.88. The molecule has 1 aromatic rings. The van der Waals surface area contributed by atoms with Gasteiger partial charge in [-0.05, 0) is 43.2 Å². The number of likely N-dealkylation sites (N-methyl/N-ethyl adjacent to an activating group) is 1. The zero-order chi connectivity index (χ0) is 17.6. The molecule has 5 nitrogen and oxygen atoms in total. The van der Waals surface area contributed by atoms with Crippen LogP contribution in [-0.2, 0) is 17.6 Å². The van der Waals surface area contributed by atoms with E-state index in [1.165, 1.54) is 11.1 Å². The largest absolute Gasteiger partial charge is 0.353 e. The molecular formula is C20H28N4O. The Kier molecular flexibility index (Phi) is 5.74. The topological polar surface area (TPSA) is 56.7 Å². The molecule has 0 saturated carbocycles.